The van der Waals surface area contributed by atoms with Crippen LogP contribution in [-0.4, -0.2) is 28.2 Å². The van der Waals surface area contributed by atoms with Crippen molar-refractivity contribution in [3.05, 3.63) is 113 Å². The minimum atomic E-state index is -0.752. The summed E-state index contributed by atoms with van der Waals surface area (Å²) in [5.41, 5.74) is 1.61. The number of esters is 1. The Labute approximate surface area is 238 Å². The third-order valence-corrected chi connectivity index (χ3v) is 7.31. The first-order valence-electron chi connectivity index (χ1n) is 13.0. The molecule has 2 aromatic carbocycles. The fourth-order valence-electron chi connectivity index (χ4n) is 4.60. The van der Waals surface area contributed by atoms with Gasteiger partial charge < -0.3 is 13.9 Å². The van der Waals surface area contributed by atoms with Gasteiger partial charge in [0.05, 0.1) is 39.5 Å². The molecule has 210 valence electrons. The number of carbonyl (C=O) groups is 1. The van der Waals surface area contributed by atoms with Crippen molar-refractivity contribution in [2.24, 2.45) is 4.99 Å². The Bertz CT molecular complexity index is 1850. The predicted molar refractivity (Wildman–Crippen MR) is 153 cm³/mol. The van der Waals surface area contributed by atoms with Crippen molar-refractivity contribution >= 4 is 29.1 Å². The molecule has 2 aromatic heterocycles. The smallest absolute Gasteiger partial charge is 0.338 e. The van der Waals surface area contributed by atoms with E-state index in [1.807, 2.05) is 38.1 Å². The molecule has 0 aliphatic carbocycles. The molecule has 0 fully saturated rings. The molecule has 0 unspecified atom stereocenters. The maximum absolute atomic E-state index is 13.8. The molecular formula is C30H27N3O7S. The van der Waals surface area contributed by atoms with Crippen LogP contribution >= 0.6 is 11.3 Å². The second-order valence-electron chi connectivity index (χ2n) is 9.55. The average molecular weight is 574 g/mol. The van der Waals surface area contributed by atoms with Gasteiger partial charge in [0.1, 0.15) is 17.3 Å². The number of rotatable bonds is 8. The number of fused-ring (bicyclic) bond motifs is 1. The monoisotopic (exact) mass is 573 g/mol. The number of nitrogens with zero attached hydrogens (tertiary/aromatic N) is 3. The van der Waals surface area contributed by atoms with Gasteiger partial charge >= 0.3 is 5.97 Å². The summed E-state index contributed by atoms with van der Waals surface area (Å²) in [6, 6.07) is 16.0. The lowest BCUT2D eigenvalue weighted by Crippen LogP contribution is -2.39. The number of nitro groups is 1. The third-order valence-electron chi connectivity index (χ3n) is 6.33. The summed E-state index contributed by atoms with van der Waals surface area (Å²) < 4.78 is 18.9. The molecule has 10 nitrogen and oxygen atoms in total. The molecule has 0 amide bonds. The second-order valence-corrected chi connectivity index (χ2v) is 10.6. The minimum Gasteiger partial charge on any atom is -0.491 e. The van der Waals surface area contributed by atoms with E-state index in [1.54, 1.807) is 44.2 Å². The first-order chi connectivity index (χ1) is 19.7. The first-order valence-corrected chi connectivity index (χ1v) is 13.8. The summed E-state index contributed by atoms with van der Waals surface area (Å²) in [5.74, 6) is 0.953. The van der Waals surface area contributed by atoms with Crippen LogP contribution in [0.15, 0.2) is 86.1 Å². The minimum absolute atomic E-state index is 0.00474. The Morgan fingerprint density at radius 3 is 2.63 bits per heavy atom. The van der Waals surface area contributed by atoms with Crippen LogP contribution in [0.1, 0.15) is 45.1 Å². The first kappa shape index (κ1) is 27.8. The van der Waals surface area contributed by atoms with E-state index in [0.29, 0.717) is 43.4 Å². The Morgan fingerprint density at radius 1 is 1.20 bits per heavy atom. The van der Waals surface area contributed by atoms with Crippen molar-refractivity contribution in [1.29, 1.82) is 0 Å². The summed E-state index contributed by atoms with van der Waals surface area (Å²) in [5, 5.41) is 11.2. The summed E-state index contributed by atoms with van der Waals surface area (Å²) >= 11 is 1.18. The Morgan fingerprint density at radius 2 is 1.95 bits per heavy atom. The second kappa shape index (κ2) is 11.4. The predicted octanol–water partition coefficient (Wildman–Crippen LogP) is 4.75. The standard InChI is InChI=1S/C30H27N3O7S/c1-5-38-29(35)26-18(4)31-30-32(27(26)19-9-11-22(12-10-19)39-17(2)3)28(34)25(41-30)16-23-13-14-24(40-23)20-7-6-8-21(15-20)33(36)37/h6-17,27H,5H2,1-4H3/b25-16-/t27-/m0/s1. The molecule has 0 N–H and O–H groups in total. The van der Waals surface area contributed by atoms with Crippen molar-refractivity contribution in [2.45, 2.75) is 39.8 Å². The SMILES string of the molecule is CCOC(=O)C1=C(C)N=c2s/c(=C\c3ccc(-c4cccc([N+](=O)[O-])c4)o3)c(=O)n2[C@H]1c1ccc(OC(C)C)cc1. The topological polar surface area (TPSA) is 126 Å². The van der Waals surface area contributed by atoms with Crippen LogP contribution in [-0.2, 0) is 9.53 Å². The van der Waals surface area contributed by atoms with Crippen molar-refractivity contribution < 1.29 is 23.6 Å². The maximum Gasteiger partial charge on any atom is 0.338 e. The molecule has 11 heteroatoms. The molecule has 0 spiro atoms. The van der Waals surface area contributed by atoms with Gasteiger partial charge in [-0.2, -0.15) is 0 Å². The van der Waals surface area contributed by atoms with Gasteiger partial charge in [0, 0.05) is 23.8 Å². The molecule has 41 heavy (non-hydrogen) atoms. The molecule has 5 rings (SSSR count). The van der Waals surface area contributed by atoms with Gasteiger partial charge in [-0.05, 0) is 57.5 Å². The fourth-order valence-corrected chi connectivity index (χ4v) is 5.62. The van der Waals surface area contributed by atoms with E-state index in [1.165, 1.54) is 28.0 Å². The van der Waals surface area contributed by atoms with Crippen LogP contribution in [0.25, 0.3) is 17.4 Å². The molecule has 4 aromatic rings. The van der Waals surface area contributed by atoms with Crippen LogP contribution in [0.5, 0.6) is 5.75 Å². The number of hydrogen-bond acceptors (Lipinski definition) is 9. The number of aromatic nitrogens is 1. The zero-order valence-corrected chi connectivity index (χ0v) is 23.6. The molecule has 1 atom stereocenters. The van der Waals surface area contributed by atoms with Crippen molar-refractivity contribution in [1.82, 2.24) is 4.57 Å². The molecule has 0 radical (unpaired) electrons. The number of thiazole rings is 1. The van der Waals surface area contributed by atoms with Crippen molar-refractivity contribution in [2.75, 3.05) is 6.61 Å². The van der Waals surface area contributed by atoms with E-state index < -0.39 is 16.9 Å². The number of benzene rings is 2. The van der Waals surface area contributed by atoms with Crippen LogP contribution in [0.3, 0.4) is 0 Å². The Hall–Kier alpha value is -4.77. The summed E-state index contributed by atoms with van der Waals surface area (Å²) in [4.78, 5) is 42.6. The molecule has 1 aliphatic heterocycles. The van der Waals surface area contributed by atoms with Gasteiger partial charge in [0.2, 0.25) is 0 Å². The van der Waals surface area contributed by atoms with Crippen LogP contribution in [0, 0.1) is 10.1 Å². The summed E-state index contributed by atoms with van der Waals surface area (Å²) in [7, 11) is 0. The fraction of sp³-hybridized carbons (Fsp3) is 0.233. The summed E-state index contributed by atoms with van der Waals surface area (Å²) in [6.45, 7) is 7.50. The molecule has 0 bridgehead atoms. The zero-order chi connectivity index (χ0) is 29.3. The normalized spacial score (nSPS) is 15.0. The van der Waals surface area contributed by atoms with E-state index in [0.717, 1.165) is 0 Å². The lowest BCUT2D eigenvalue weighted by molar-refractivity contribution is -0.384. The van der Waals surface area contributed by atoms with Gasteiger partial charge in [0.15, 0.2) is 4.80 Å². The Kier molecular flexibility index (Phi) is 7.71. The lowest BCUT2D eigenvalue weighted by Gasteiger charge is -2.25. The summed E-state index contributed by atoms with van der Waals surface area (Å²) in [6.07, 6.45) is 1.60. The molecule has 1 aliphatic rings. The van der Waals surface area contributed by atoms with E-state index in [4.69, 9.17) is 13.9 Å². The van der Waals surface area contributed by atoms with Crippen LogP contribution in [0.4, 0.5) is 5.69 Å². The molecule has 3 heterocycles. The third kappa shape index (κ3) is 5.62. The van der Waals surface area contributed by atoms with Crippen LogP contribution < -0.4 is 19.6 Å². The highest BCUT2D eigenvalue weighted by Crippen LogP contribution is 2.32. The van der Waals surface area contributed by atoms with Crippen molar-refractivity contribution in [3.63, 3.8) is 0 Å². The number of allylic oxidation sites excluding steroid dienone is 1. The van der Waals surface area contributed by atoms with Gasteiger partial charge in [-0.1, -0.05) is 35.6 Å². The maximum atomic E-state index is 13.8. The molecule has 0 saturated carbocycles. The number of carbonyl (C=O) groups excluding carboxylic acids is 1. The number of non-ortho nitro benzene ring substituents is 1. The highest BCUT2D eigenvalue weighted by Gasteiger charge is 2.33. The van der Waals surface area contributed by atoms with E-state index in [-0.39, 0.29) is 29.5 Å². The number of nitro benzene ring substituents is 1. The molecule has 0 saturated heterocycles. The number of hydrogen-bond donors (Lipinski definition) is 0. The van der Waals surface area contributed by atoms with E-state index in [2.05, 4.69) is 4.99 Å². The Balaban J connectivity index is 1.59. The van der Waals surface area contributed by atoms with Gasteiger partial charge in [-0.15, -0.1) is 0 Å². The van der Waals surface area contributed by atoms with Gasteiger partial charge in [0.25, 0.3) is 11.2 Å². The van der Waals surface area contributed by atoms with Crippen LogP contribution in [0.2, 0.25) is 0 Å². The lowest BCUT2D eigenvalue weighted by atomic mass is 9.96. The van der Waals surface area contributed by atoms with Gasteiger partial charge in [-0.3, -0.25) is 19.5 Å². The largest absolute Gasteiger partial charge is 0.491 e. The average Bonchev–Trinajstić information content (AvgIpc) is 3.52. The van der Waals surface area contributed by atoms with Gasteiger partial charge in [-0.25, -0.2) is 9.79 Å². The molecular weight excluding hydrogens is 546 g/mol. The van der Waals surface area contributed by atoms with E-state index in [9.17, 15) is 19.7 Å². The zero-order valence-electron chi connectivity index (χ0n) is 22.8. The highest BCUT2D eigenvalue weighted by atomic mass is 32.1. The number of furan rings is 1. The van der Waals surface area contributed by atoms with E-state index >= 15 is 0 Å². The number of ether oxygens (including phenoxy) is 2. The quantitative estimate of drug-likeness (QED) is 0.169. The highest BCUT2D eigenvalue weighted by molar-refractivity contribution is 7.07. The van der Waals surface area contributed by atoms with Crippen molar-refractivity contribution in [3.8, 4) is 17.1 Å².